The van der Waals surface area contributed by atoms with E-state index >= 15 is 0 Å². The Bertz CT molecular complexity index is 623. The van der Waals surface area contributed by atoms with Crippen molar-refractivity contribution in [3.05, 3.63) is 34.9 Å². The summed E-state index contributed by atoms with van der Waals surface area (Å²) < 4.78 is 0. The Labute approximate surface area is 157 Å². The highest BCUT2D eigenvalue weighted by Gasteiger charge is 2.08. The first-order valence-corrected chi connectivity index (χ1v) is 8.47. The molecule has 0 amide bonds. The summed E-state index contributed by atoms with van der Waals surface area (Å²) in [7, 11) is 0. The molecule has 0 atom stereocenters. The fourth-order valence-electron chi connectivity index (χ4n) is 1.43. The molecule has 26 heavy (non-hydrogen) atoms. The van der Waals surface area contributed by atoms with Crippen LogP contribution in [0.3, 0.4) is 0 Å². The van der Waals surface area contributed by atoms with Crippen molar-refractivity contribution in [1.29, 1.82) is 0 Å². The number of hydrogen-bond donors (Lipinski definition) is 4. The standard InChI is InChI=1S/C15H25ClN8O2/c1-3-9-25-21-14(17)20-23-24(15(18)22-26-10-4-2)19-11-12-7-5-6-8-13(12)16/h5-8,11,23H,3-4,9-10H2,1-2H3,(H2,18,22)(H3,17,20,21). The molecule has 1 rings (SSSR count). The molecule has 0 unspecified atom stereocenters. The van der Waals surface area contributed by atoms with Gasteiger partial charge < -0.3 is 21.1 Å². The topological polar surface area (TPSA) is 135 Å². The Balaban J connectivity index is 2.80. The van der Waals surface area contributed by atoms with Crippen molar-refractivity contribution < 1.29 is 9.68 Å². The molecule has 0 radical (unpaired) electrons. The van der Waals surface area contributed by atoms with Gasteiger partial charge in [0, 0.05) is 10.6 Å². The van der Waals surface area contributed by atoms with Crippen LogP contribution in [0.2, 0.25) is 5.02 Å². The Morgan fingerprint density at radius 1 is 1.15 bits per heavy atom. The van der Waals surface area contributed by atoms with Crippen molar-refractivity contribution >= 4 is 29.7 Å². The third-order valence-electron chi connectivity index (χ3n) is 2.64. The van der Waals surface area contributed by atoms with Gasteiger partial charge in [-0.05, 0) is 29.2 Å². The first-order chi connectivity index (χ1) is 12.6. The van der Waals surface area contributed by atoms with E-state index in [4.69, 9.17) is 32.7 Å². The second kappa shape index (κ2) is 12.6. The number of hydrogen-bond acceptors (Lipinski definition) is 6. The Morgan fingerprint density at radius 2 is 1.81 bits per heavy atom. The molecule has 144 valence electrons. The van der Waals surface area contributed by atoms with Gasteiger partial charge in [-0.3, -0.25) is 5.43 Å². The normalized spacial score (nSPS) is 12.3. The van der Waals surface area contributed by atoms with Crippen molar-refractivity contribution in [2.24, 2.45) is 26.9 Å². The molecule has 0 bridgehead atoms. The highest BCUT2D eigenvalue weighted by molar-refractivity contribution is 6.33. The number of oxime groups is 2. The maximum atomic E-state index is 6.10. The van der Waals surface area contributed by atoms with Crippen LogP contribution in [-0.4, -0.2) is 36.5 Å². The molecule has 6 N–H and O–H groups in total. The summed E-state index contributed by atoms with van der Waals surface area (Å²) in [5.41, 5.74) is 17.4. The molecule has 0 aliphatic carbocycles. The second-order valence-electron chi connectivity index (χ2n) is 4.91. The summed E-state index contributed by atoms with van der Waals surface area (Å²) in [5.74, 6) is -0.0739. The highest BCUT2D eigenvalue weighted by atomic mass is 35.5. The van der Waals surface area contributed by atoms with E-state index in [0.29, 0.717) is 23.8 Å². The van der Waals surface area contributed by atoms with Gasteiger partial charge in [-0.25, -0.2) is 0 Å². The van der Waals surface area contributed by atoms with Gasteiger partial charge in [0.05, 0.1) is 6.21 Å². The van der Waals surface area contributed by atoms with E-state index in [1.54, 1.807) is 12.1 Å². The summed E-state index contributed by atoms with van der Waals surface area (Å²) in [4.78, 5) is 10.0. The average Bonchev–Trinajstić information content (AvgIpc) is 2.63. The van der Waals surface area contributed by atoms with Crippen molar-refractivity contribution in [3.63, 3.8) is 0 Å². The highest BCUT2D eigenvalue weighted by Crippen LogP contribution is 2.12. The SMILES string of the molecule is CCCON=C(N)NNN(N=Cc1ccccc1Cl)C(N)=NOCCC. The Hall–Kier alpha value is -2.72. The number of nitrogens with two attached hydrogens (primary N) is 2. The van der Waals surface area contributed by atoms with Crippen LogP contribution < -0.4 is 22.4 Å². The number of hydrazone groups is 1. The third-order valence-corrected chi connectivity index (χ3v) is 2.98. The van der Waals surface area contributed by atoms with E-state index in [1.807, 2.05) is 26.0 Å². The third kappa shape index (κ3) is 8.40. The number of hydrazine groups is 2. The molecule has 0 fully saturated rings. The number of nitrogens with zero attached hydrogens (tertiary/aromatic N) is 4. The number of halogens is 1. The summed E-state index contributed by atoms with van der Waals surface area (Å²) in [6.45, 7) is 4.78. The summed E-state index contributed by atoms with van der Waals surface area (Å²) >= 11 is 6.10. The zero-order chi connectivity index (χ0) is 19.2. The molecule has 0 heterocycles. The zero-order valence-electron chi connectivity index (χ0n) is 14.9. The van der Waals surface area contributed by atoms with E-state index < -0.39 is 0 Å². The lowest BCUT2D eigenvalue weighted by Gasteiger charge is -2.18. The van der Waals surface area contributed by atoms with E-state index in [2.05, 4.69) is 26.4 Å². The second-order valence-corrected chi connectivity index (χ2v) is 5.31. The fourth-order valence-corrected chi connectivity index (χ4v) is 1.61. The van der Waals surface area contributed by atoms with Gasteiger partial charge in [0.15, 0.2) is 0 Å². The minimum Gasteiger partial charge on any atom is -0.393 e. The molecule has 0 saturated carbocycles. The summed E-state index contributed by atoms with van der Waals surface area (Å²) in [6.07, 6.45) is 3.10. The minimum atomic E-state index is -0.0588. The van der Waals surface area contributed by atoms with Gasteiger partial charge in [-0.2, -0.15) is 5.10 Å². The van der Waals surface area contributed by atoms with Gasteiger partial charge in [-0.1, -0.05) is 43.6 Å². The predicted octanol–water partition coefficient (Wildman–Crippen LogP) is 1.30. The quantitative estimate of drug-likeness (QED) is 0.206. The molecule has 0 spiro atoms. The van der Waals surface area contributed by atoms with Crippen LogP contribution >= 0.6 is 11.6 Å². The van der Waals surface area contributed by atoms with Crippen LogP contribution in [0, 0.1) is 0 Å². The minimum absolute atomic E-state index is 0.0151. The molecule has 0 aliphatic heterocycles. The van der Waals surface area contributed by atoms with Gasteiger partial charge in [-0.15, -0.1) is 10.7 Å². The van der Waals surface area contributed by atoms with Crippen molar-refractivity contribution in [1.82, 2.24) is 16.1 Å². The average molecular weight is 385 g/mol. The number of guanidine groups is 2. The van der Waals surface area contributed by atoms with Gasteiger partial charge in [0.1, 0.15) is 13.2 Å². The Kier molecular flexibility index (Phi) is 10.3. The molecule has 1 aromatic rings. The van der Waals surface area contributed by atoms with Crippen LogP contribution in [0.25, 0.3) is 0 Å². The number of benzene rings is 1. The largest absolute Gasteiger partial charge is 0.393 e. The van der Waals surface area contributed by atoms with E-state index in [-0.39, 0.29) is 11.9 Å². The lowest BCUT2D eigenvalue weighted by atomic mass is 10.2. The van der Waals surface area contributed by atoms with Gasteiger partial charge in [0.25, 0.3) is 5.96 Å². The van der Waals surface area contributed by atoms with E-state index in [0.717, 1.165) is 18.0 Å². The maximum Gasteiger partial charge on any atom is 0.270 e. The first-order valence-electron chi connectivity index (χ1n) is 8.09. The van der Waals surface area contributed by atoms with E-state index in [1.165, 1.54) is 6.21 Å². The summed E-state index contributed by atoms with van der Waals surface area (Å²) in [5, 5.41) is 13.2. The molecule has 10 nitrogen and oxygen atoms in total. The fraction of sp³-hybridized carbons (Fsp3) is 0.400. The van der Waals surface area contributed by atoms with Crippen LogP contribution in [0.4, 0.5) is 0 Å². The molecular formula is C15H25ClN8O2. The molecular weight excluding hydrogens is 360 g/mol. The monoisotopic (exact) mass is 384 g/mol. The van der Waals surface area contributed by atoms with Crippen LogP contribution in [0.5, 0.6) is 0 Å². The molecule has 1 aromatic carbocycles. The van der Waals surface area contributed by atoms with Crippen LogP contribution in [0.15, 0.2) is 39.7 Å². The first kappa shape index (κ1) is 21.3. The maximum absolute atomic E-state index is 6.10. The van der Waals surface area contributed by atoms with Gasteiger partial charge in [0.2, 0.25) is 5.96 Å². The Morgan fingerprint density at radius 3 is 2.46 bits per heavy atom. The van der Waals surface area contributed by atoms with E-state index in [9.17, 15) is 0 Å². The number of nitrogens with one attached hydrogen (secondary N) is 2. The smallest absolute Gasteiger partial charge is 0.270 e. The van der Waals surface area contributed by atoms with Crippen LogP contribution in [-0.2, 0) is 9.68 Å². The van der Waals surface area contributed by atoms with Gasteiger partial charge >= 0.3 is 0 Å². The molecule has 0 aromatic heterocycles. The zero-order valence-corrected chi connectivity index (χ0v) is 15.6. The van der Waals surface area contributed by atoms with Crippen molar-refractivity contribution in [2.45, 2.75) is 26.7 Å². The van der Waals surface area contributed by atoms with Crippen molar-refractivity contribution in [2.75, 3.05) is 13.2 Å². The van der Waals surface area contributed by atoms with Crippen LogP contribution in [0.1, 0.15) is 32.3 Å². The lowest BCUT2D eigenvalue weighted by molar-refractivity contribution is 0.134. The number of rotatable bonds is 10. The lowest BCUT2D eigenvalue weighted by Crippen LogP contribution is -2.54. The predicted molar refractivity (Wildman–Crippen MR) is 103 cm³/mol. The summed E-state index contributed by atoms with van der Waals surface area (Å²) in [6, 6.07) is 7.20. The molecule has 0 saturated heterocycles. The molecule has 0 aliphatic rings. The van der Waals surface area contributed by atoms with Crippen molar-refractivity contribution in [3.8, 4) is 0 Å². The molecule has 11 heteroatoms.